The molecule has 0 rings (SSSR count). The summed E-state index contributed by atoms with van der Waals surface area (Å²) < 4.78 is 230. The van der Waals surface area contributed by atoms with E-state index >= 15 is 0 Å². The largest absolute Gasteiger partial charge is 0.460 e. The Morgan fingerprint density at radius 1 is 0.550 bits per heavy atom. The SMILES string of the molecule is CC[C@H](CO)C[Si](CCC(F)(F)C(F)(F)C(F)(F)C(F)(F)C(F)(F)C(F)(F)C(F)(F)C(F)(F)F)(C(C)C)C(C)C. The lowest BCUT2D eigenvalue weighted by Gasteiger charge is -2.45. The second-order valence-electron chi connectivity index (χ2n) is 10.4. The summed E-state index contributed by atoms with van der Waals surface area (Å²) >= 11 is 0. The average molecular weight is 649 g/mol. The third-order valence-electron chi connectivity index (χ3n) is 7.50. The lowest BCUT2D eigenvalue weighted by molar-refractivity contribution is -0.461. The molecule has 0 heterocycles. The molecule has 0 fully saturated rings. The van der Waals surface area contributed by atoms with Crippen LogP contribution in [0.15, 0.2) is 0 Å². The Kier molecular flexibility index (Phi) is 11.3. The summed E-state index contributed by atoms with van der Waals surface area (Å²) in [6.45, 7) is 6.83. The van der Waals surface area contributed by atoms with Crippen molar-refractivity contribution in [2.75, 3.05) is 6.61 Å². The molecule has 0 aromatic rings. The zero-order valence-corrected chi connectivity index (χ0v) is 22.6. The highest BCUT2D eigenvalue weighted by molar-refractivity contribution is 6.82. The highest BCUT2D eigenvalue weighted by atomic mass is 28.3. The van der Waals surface area contributed by atoms with E-state index in [0.29, 0.717) is 0 Å². The monoisotopic (exact) mass is 648 g/mol. The van der Waals surface area contributed by atoms with E-state index in [4.69, 9.17) is 0 Å². The molecule has 0 aliphatic carbocycles. The van der Waals surface area contributed by atoms with Gasteiger partial charge >= 0.3 is 47.6 Å². The summed E-state index contributed by atoms with van der Waals surface area (Å²) in [5, 5.41) is 9.47. The number of aliphatic hydroxyl groups excluding tert-OH is 1. The summed E-state index contributed by atoms with van der Waals surface area (Å²) in [5.41, 5.74) is -1.18. The molecule has 1 nitrogen and oxygen atoms in total. The van der Waals surface area contributed by atoms with Crippen LogP contribution in [0.1, 0.15) is 47.5 Å². The van der Waals surface area contributed by atoms with Crippen LogP contribution >= 0.6 is 0 Å². The van der Waals surface area contributed by atoms with Crippen LogP contribution in [0.5, 0.6) is 0 Å². The van der Waals surface area contributed by atoms with Crippen molar-refractivity contribution in [2.45, 2.75) is 118 Å². The van der Waals surface area contributed by atoms with E-state index in [1.165, 1.54) is 27.7 Å². The van der Waals surface area contributed by atoms with Gasteiger partial charge in [-0.2, -0.15) is 74.6 Å². The van der Waals surface area contributed by atoms with Gasteiger partial charge in [-0.25, -0.2) is 0 Å². The van der Waals surface area contributed by atoms with Gasteiger partial charge in [0.15, 0.2) is 0 Å². The van der Waals surface area contributed by atoms with Crippen LogP contribution in [0.3, 0.4) is 0 Å². The lowest BCUT2D eigenvalue weighted by atomic mass is 9.88. The van der Waals surface area contributed by atoms with Crippen LogP contribution in [0.4, 0.5) is 74.6 Å². The first-order valence-corrected chi connectivity index (χ1v) is 14.2. The van der Waals surface area contributed by atoms with Gasteiger partial charge in [-0.15, -0.1) is 0 Å². The molecule has 40 heavy (non-hydrogen) atoms. The third-order valence-corrected chi connectivity index (χ3v) is 14.6. The highest BCUT2D eigenvalue weighted by Crippen LogP contribution is 2.64. The van der Waals surface area contributed by atoms with E-state index < -0.39 is 91.8 Å². The molecule has 0 amide bonds. The molecule has 0 saturated carbocycles. The van der Waals surface area contributed by atoms with Crippen LogP contribution in [0.2, 0.25) is 23.2 Å². The Bertz CT molecular complexity index is 824. The second kappa shape index (κ2) is 11.6. The molecule has 0 aromatic heterocycles. The normalized spacial score (nSPS) is 16.7. The molecule has 0 spiro atoms. The van der Waals surface area contributed by atoms with Crippen molar-refractivity contribution in [3.63, 3.8) is 0 Å². The van der Waals surface area contributed by atoms with Crippen molar-refractivity contribution in [2.24, 2.45) is 5.92 Å². The van der Waals surface area contributed by atoms with Gasteiger partial charge in [0, 0.05) is 13.0 Å². The lowest BCUT2D eigenvalue weighted by Crippen LogP contribution is -2.74. The van der Waals surface area contributed by atoms with Gasteiger partial charge in [-0.1, -0.05) is 64.2 Å². The zero-order chi connectivity index (χ0) is 32.8. The first-order chi connectivity index (χ1) is 17.3. The van der Waals surface area contributed by atoms with Gasteiger partial charge in [0.05, 0.1) is 8.07 Å². The van der Waals surface area contributed by atoms with Gasteiger partial charge in [-0.05, 0) is 5.92 Å². The van der Waals surface area contributed by atoms with Gasteiger partial charge in [0.25, 0.3) is 0 Å². The quantitative estimate of drug-likeness (QED) is 0.139. The molecule has 19 heteroatoms. The van der Waals surface area contributed by atoms with E-state index in [0.717, 1.165) is 0 Å². The standard InChI is InChI=1S/C21H29F17OSi/c1-6-13(9-39)10-40(11(2)3,12(4)5)8-7-14(22,23)15(24,25)16(26,27)17(28,29)18(30,31)19(32,33)20(34,35)21(36,37)38/h11-13,39H,6-10H2,1-5H3/t13-/m1/s1. The molecule has 242 valence electrons. The van der Waals surface area contributed by atoms with E-state index in [1.807, 2.05) is 0 Å². The molecule has 0 radical (unpaired) electrons. The fourth-order valence-corrected chi connectivity index (χ4v) is 10.3. The fourth-order valence-electron chi connectivity index (χ4n) is 4.44. The van der Waals surface area contributed by atoms with Gasteiger partial charge in [-0.3, -0.25) is 0 Å². The van der Waals surface area contributed by atoms with Crippen LogP contribution in [-0.2, 0) is 0 Å². The van der Waals surface area contributed by atoms with Gasteiger partial charge in [0.1, 0.15) is 0 Å². The molecule has 0 bridgehead atoms. The minimum Gasteiger partial charge on any atom is -0.396 e. The number of hydrogen-bond donors (Lipinski definition) is 1. The maximum absolute atomic E-state index is 14.5. The van der Waals surface area contributed by atoms with E-state index in [-0.39, 0.29) is 12.5 Å². The Morgan fingerprint density at radius 3 is 1.15 bits per heavy atom. The molecular weight excluding hydrogens is 619 g/mol. The summed E-state index contributed by atoms with van der Waals surface area (Å²) in [6, 6.07) is -1.11. The van der Waals surface area contributed by atoms with Crippen LogP contribution in [-0.4, -0.2) is 67.4 Å². The van der Waals surface area contributed by atoms with Crippen molar-refractivity contribution in [1.82, 2.24) is 0 Å². The minimum absolute atomic E-state index is 0.0552. The summed E-state index contributed by atoms with van der Waals surface area (Å²) in [7, 11) is -3.36. The summed E-state index contributed by atoms with van der Waals surface area (Å²) in [5.74, 6) is -56.7. The van der Waals surface area contributed by atoms with E-state index in [2.05, 4.69) is 0 Å². The van der Waals surface area contributed by atoms with Crippen molar-refractivity contribution in [3.8, 4) is 0 Å². The molecule has 1 N–H and O–H groups in total. The van der Waals surface area contributed by atoms with Crippen LogP contribution in [0, 0.1) is 5.92 Å². The Balaban J connectivity index is 6.74. The molecular formula is C21H29F17OSi. The minimum atomic E-state index is -8.62. The molecule has 0 aliphatic rings. The van der Waals surface area contributed by atoms with Crippen LogP contribution in [0.25, 0.3) is 0 Å². The molecule has 0 saturated heterocycles. The first kappa shape index (κ1) is 39.0. The number of alkyl halides is 17. The van der Waals surface area contributed by atoms with Crippen LogP contribution < -0.4 is 0 Å². The third kappa shape index (κ3) is 5.92. The number of hydrogen-bond acceptors (Lipinski definition) is 1. The van der Waals surface area contributed by atoms with Crippen molar-refractivity contribution >= 4 is 8.07 Å². The topological polar surface area (TPSA) is 20.2 Å². The van der Waals surface area contributed by atoms with Crippen molar-refractivity contribution < 1.29 is 79.7 Å². The van der Waals surface area contributed by atoms with Crippen molar-refractivity contribution in [3.05, 3.63) is 0 Å². The average Bonchev–Trinajstić information content (AvgIpc) is 2.77. The maximum atomic E-state index is 14.5. The van der Waals surface area contributed by atoms with E-state index in [1.54, 1.807) is 6.92 Å². The Morgan fingerprint density at radius 2 is 0.875 bits per heavy atom. The number of halogens is 17. The summed E-state index contributed by atoms with van der Waals surface area (Å²) in [4.78, 5) is 0. The Hall–Kier alpha value is -1.01. The summed E-state index contributed by atoms with van der Waals surface area (Å²) in [6.07, 6.45) is -9.92. The number of rotatable bonds is 15. The molecule has 0 unspecified atom stereocenters. The smallest absolute Gasteiger partial charge is 0.396 e. The zero-order valence-electron chi connectivity index (χ0n) is 21.6. The predicted octanol–water partition coefficient (Wildman–Crippen LogP) is 9.67. The van der Waals surface area contributed by atoms with Gasteiger partial charge in [0.2, 0.25) is 0 Å². The maximum Gasteiger partial charge on any atom is 0.460 e. The predicted molar refractivity (Wildman–Crippen MR) is 112 cm³/mol. The molecule has 0 aliphatic heterocycles. The molecule has 0 aromatic carbocycles. The second-order valence-corrected chi connectivity index (χ2v) is 16.0. The van der Waals surface area contributed by atoms with E-state index in [9.17, 15) is 79.7 Å². The Labute approximate surface area is 219 Å². The fraction of sp³-hybridized carbons (Fsp3) is 1.00. The number of aliphatic hydroxyl groups is 1. The van der Waals surface area contributed by atoms with Gasteiger partial charge < -0.3 is 5.11 Å². The first-order valence-electron chi connectivity index (χ1n) is 11.7. The highest BCUT2D eigenvalue weighted by Gasteiger charge is 2.95. The molecule has 1 atom stereocenters. The van der Waals surface area contributed by atoms with Crippen molar-refractivity contribution in [1.29, 1.82) is 0 Å².